The minimum atomic E-state index is 0.0207. The van der Waals surface area contributed by atoms with Crippen molar-refractivity contribution in [2.24, 2.45) is 0 Å². The molecule has 1 amide bonds. The summed E-state index contributed by atoms with van der Waals surface area (Å²) in [5.41, 5.74) is 0.654. The number of rotatable bonds is 5. The van der Waals surface area contributed by atoms with Crippen LogP contribution in [0.4, 0.5) is 0 Å². The van der Waals surface area contributed by atoms with Crippen molar-refractivity contribution in [2.75, 3.05) is 13.1 Å². The summed E-state index contributed by atoms with van der Waals surface area (Å²) in [5, 5.41) is 0. The maximum Gasteiger partial charge on any atom is 0.255 e. The van der Waals surface area contributed by atoms with Gasteiger partial charge in [-0.2, -0.15) is 0 Å². The van der Waals surface area contributed by atoms with Gasteiger partial charge in [0.2, 0.25) is 0 Å². The monoisotopic (exact) mass is 235 g/mol. The molecule has 0 saturated heterocycles. The van der Waals surface area contributed by atoms with Crippen molar-refractivity contribution in [2.45, 2.75) is 18.2 Å². The first-order valence-electron chi connectivity index (χ1n) is 5.38. The van der Waals surface area contributed by atoms with Crippen LogP contribution in [-0.2, 0) is 0 Å². The van der Waals surface area contributed by atoms with E-state index in [4.69, 9.17) is 0 Å². The zero-order chi connectivity index (χ0) is 12.0. The maximum atomic E-state index is 12.2. The molecule has 0 aromatic heterocycles. The number of benzene rings is 1. The van der Waals surface area contributed by atoms with Crippen LogP contribution < -0.4 is 0 Å². The smallest absolute Gasteiger partial charge is 0.255 e. The van der Waals surface area contributed by atoms with Gasteiger partial charge in [-0.3, -0.25) is 4.79 Å². The summed E-state index contributed by atoms with van der Waals surface area (Å²) >= 11 is 4.29. The zero-order valence-corrected chi connectivity index (χ0v) is 10.4. The number of hydrogen-bond acceptors (Lipinski definition) is 2. The number of hydrogen-bond donors (Lipinski definition) is 1. The molecule has 0 N–H and O–H groups in total. The molecule has 0 heterocycles. The van der Waals surface area contributed by atoms with Crippen LogP contribution in [-0.4, -0.2) is 23.9 Å². The third-order valence-corrected chi connectivity index (χ3v) is 2.65. The summed E-state index contributed by atoms with van der Waals surface area (Å²) in [7, 11) is 0. The zero-order valence-electron chi connectivity index (χ0n) is 9.52. The molecule has 1 aromatic rings. The Morgan fingerprint density at radius 2 is 2.19 bits per heavy atom. The van der Waals surface area contributed by atoms with E-state index in [-0.39, 0.29) is 5.91 Å². The predicted octanol–water partition coefficient (Wildman–Crippen LogP) is 3.01. The second-order valence-corrected chi connectivity index (χ2v) is 4.04. The van der Waals surface area contributed by atoms with Crippen LogP contribution in [0.3, 0.4) is 0 Å². The molecule has 0 aliphatic carbocycles. The second-order valence-electron chi connectivity index (χ2n) is 3.56. The van der Waals surface area contributed by atoms with E-state index in [0.717, 1.165) is 17.9 Å². The Bertz CT molecular complexity index is 376. The highest BCUT2D eigenvalue weighted by atomic mass is 32.1. The molecule has 0 aliphatic heterocycles. The van der Waals surface area contributed by atoms with Gasteiger partial charge in [-0.15, -0.1) is 19.2 Å². The van der Waals surface area contributed by atoms with Crippen molar-refractivity contribution in [1.82, 2.24) is 4.90 Å². The Morgan fingerprint density at radius 1 is 1.50 bits per heavy atom. The average molecular weight is 235 g/mol. The summed E-state index contributed by atoms with van der Waals surface area (Å²) < 4.78 is 0. The third kappa shape index (κ3) is 3.14. The van der Waals surface area contributed by atoms with E-state index < -0.39 is 0 Å². The van der Waals surface area contributed by atoms with Crippen LogP contribution in [0.15, 0.2) is 41.8 Å². The fourth-order valence-electron chi connectivity index (χ4n) is 1.53. The van der Waals surface area contributed by atoms with Gasteiger partial charge in [-0.1, -0.05) is 25.1 Å². The second kappa shape index (κ2) is 6.38. The first-order valence-corrected chi connectivity index (χ1v) is 5.83. The van der Waals surface area contributed by atoms with Gasteiger partial charge >= 0.3 is 0 Å². The molecule has 0 fully saturated rings. The van der Waals surface area contributed by atoms with Crippen molar-refractivity contribution in [3.8, 4) is 0 Å². The number of carbonyl (C=O) groups excluding carboxylic acids is 1. The van der Waals surface area contributed by atoms with E-state index >= 15 is 0 Å². The van der Waals surface area contributed by atoms with Gasteiger partial charge in [0.1, 0.15) is 0 Å². The largest absolute Gasteiger partial charge is 0.335 e. The standard InChI is InChI=1S/C13H17NOS/c1-3-9-14(10-4-2)13(15)11-7-5-6-8-12(11)16/h3,5-8,16H,1,4,9-10H2,2H3. The predicted molar refractivity (Wildman–Crippen MR) is 70.1 cm³/mol. The van der Waals surface area contributed by atoms with E-state index in [1.54, 1.807) is 17.0 Å². The van der Waals surface area contributed by atoms with Crippen LogP contribution >= 0.6 is 12.6 Å². The molecule has 1 rings (SSSR count). The fraction of sp³-hybridized carbons (Fsp3) is 0.308. The Labute approximate surface area is 102 Å². The average Bonchev–Trinajstić information content (AvgIpc) is 2.28. The van der Waals surface area contributed by atoms with E-state index in [1.807, 2.05) is 18.2 Å². The highest BCUT2D eigenvalue weighted by Gasteiger charge is 2.15. The number of amides is 1. The maximum absolute atomic E-state index is 12.2. The highest BCUT2D eigenvalue weighted by molar-refractivity contribution is 7.80. The first-order chi connectivity index (χ1) is 7.70. The van der Waals surface area contributed by atoms with Gasteiger partial charge in [-0.05, 0) is 18.6 Å². The van der Waals surface area contributed by atoms with Gasteiger partial charge in [-0.25, -0.2) is 0 Å². The minimum absolute atomic E-state index is 0.0207. The highest BCUT2D eigenvalue weighted by Crippen LogP contribution is 2.15. The van der Waals surface area contributed by atoms with Gasteiger partial charge in [0.05, 0.1) is 5.56 Å². The normalized spacial score (nSPS) is 9.88. The molecule has 0 unspecified atom stereocenters. The number of thiol groups is 1. The van der Waals surface area contributed by atoms with Gasteiger partial charge < -0.3 is 4.90 Å². The quantitative estimate of drug-likeness (QED) is 0.614. The molecule has 0 spiro atoms. The van der Waals surface area contributed by atoms with Crippen molar-refractivity contribution >= 4 is 18.5 Å². The summed E-state index contributed by atoms with van der Waals surface area (Å²) in [6.07, 6.45) is 2.68. The van der Waals surface area contributed by atoms with Crippen molar-refractivity contribution in [1.29, 1.82) is 0 Å². The van der Waals surface area contributed by atoms with E-state index in [0.29, 0.717) is 12.1 Å². The lowest BCUT2D eigenvalue weighted by Gasteiger charge is -2.21. The molecule has 2 nitrogen and oxygen atoms in total. The molecule has 0 radical (unpaired) electrons. The van der Waals surface area contributed by atoms with Gasteiger partial charge in [0, 0.05) is 18.0 Å². The fourth-order valence-corrected chi connectivity index (χ4v) is 1.78. The first kappa shape index (κ1) is 12.8. The molecule has 0 bridgehead atoms. The van der Waals surface area contributed by atoms with Crippen molar-refractivity contribution in [3.63, 3.8) is 0 Å². The van der Waals surface area contributed by atoms with E-state index in [1.165, 1.54) is 0 Å². The number of nitrogens with zero attached hydrogens (tertiary/aromatic N) is 1. The van der Waals surface area contributed by atoms with Crippen LogP contribution in [0, 0.1) is 0 Å². The lowest BCUT2D eigenvalue weighted by Crippen LogP contribution is -2.32. The molecular formula is C13H17NOS. The summed E-state index contributed by atoms with van der Waals surface area (Å²) in [4.78, 5) is 14.7. The molecule has 0 atom stereocenters. The molecule has 16 heavy (non-hydrogen) atoms. The summed E-state index contributed by atoms with van der Waals surface area (Å²) in [6.45, 7) is 7.04. The van der Waals surface area contributed by atoms with Crippen LogP contribution in [0.2, 0.25) is 0 Å². The minimum Gasteiger partial charge on any atom is -0.335 e. The summed E-state index contributed by atoms with van der Waals surface area (Å²) in [6, 6.07) is 7.35. The van der Waals surface area contributed by atoms with Crippen LogP contribution in [0.25, 0.3) is 0 Å². The van der Waals surface area contributed by atoms with Crippen molar-refractivity contribution < 1.29 is 4.79 Å². The van der Waals surface area contributed by atoms with Crippen molar-refractivity contribution in [3.05, 3.63) is 42.5 Å². The Balaban J connectivity index is 2.89. The Kier molecular flexibility index (Phi) is 5.12. The Hall–Kier alpha value is -1.22. The number of carbonyl (C=O) groups is 1. The van der Waals surface area contributed by atoms with E-state index in [9.17, 15) is 4.79 Å². The molecule has 0 saturated carbocycles. The van der Waals surface area contributed by atoms with Crippen LogP contribution in [0.1, 0.15) is 23.7 Å². The SMILES string of the molecule is C=CCN(CCC)C(=O)c1ccccc1S. The Morgan fingerprint density at radius 3 is 2.75 bits per heavy atom. The molecule has 86 valence electrons. The lowest BCUT2D eigenvalue weighted by atomic mass is 10.2. The molecule has 1 aromatic carbocycles. The van der Waals surface area contributed by atoms with Gasteiger partial charge in [0.15, 0.2) is 0 Å². The lowest BCUT2D eigenvalue weighted by molar-refractivity contribution is 0.0770. The molecular weight excluding hydrogens is 218 g/mol. The molecule has 0 aliphatic rings. The van der Waals surface area contributed by atoms with E-state index in [2.05, 4.69) is 26.1 Å². The van der Waals surface area contributed by atoms with Gasteiger partial charge in [0.25, 0.3) is 5.91 Å². The third-order valence-electron chi connectivity index (χ3n) is 2.26. The molecule has 3 heteroatoms. The summed E-state index contributed by atoms with van der Waals surface area (Å²) in [5.74, 6) is 0.0207. The van der Waals surface area contributed by atoms with Crippen LogP contribution in [0.5, 0.6) is 0 Å². The topological polar surface area (TPSA) is 20.3 Å².